The van der Waals surface area contributed by atoms with Crippen molar-refractivity contribution in [3.63, 3.8) is 0 Å². The summed E-state index contributed by atoms with van der Waals surface area (Å²) in [5.74, 6) is -0.581. The van der Waals surface area contributed by atoms with E-state index in [1.165, 1.54) is 11.8 Å². The molecule has 1 N–H and O–H groups in total. The second kappa shape index (κ2) is 7.64. The first-order valence-corrected chi connectivity index (χ1v) is 9.64. The maximum atomic E-state index is 11.6. The SMILES string of the molecule is O=C(COC(=O)CS[C@@H]1CCS(=O)(=O)C1)Nc1ccccc1. The van der Waals surface area contributed by atoms with E-state index in [0.717, 1.165) is 0 Å². The first-order valence-electron chi connectivity index (χ1n) is 6.77. The van der Waals surface area contributed by atoms with Crippen LogP contribution in [-0.4, -0.2) is 49.4 Å². The van der Waals surface area contributed by atoms with Crippen molar-refractivity contribution < 1.29 is 22.7 Å². The smallest absolute Gasteiger partial charge is 0.316 e. The first-order chi connectivity index (χ1) is 10.4. The molecular formula is C14H17NO5S2. The Morgan fingerprint density at radius 3 is 2.64 bits per heavy atom. The van der Waals surface area contributed by atoms with Gasteiger partial charge in [0.25, 0.3) is 5.91 Å². The van der Waals surface area contributed by atoms with Crippen LogP contribution in [0.25, 0.3) is 0 Å². The number of hydrogen-bond acceptors (Lipinski definition) is 6. The van der Waals surface area contributed by atoms with Gasteiger partial charge in [-0.3, -0.25) is 9.59 Å². The van der Waals surface area contributed by atoms with Gasteiger partial charge in [-0.05, 0) is 18.6 Å². The van der Waals surface area contributed by atoms with Crippen molar-refractivity contribution in [3.8, 4) is 0 Å². The van der Waals surface area contributed by atoms with Gasteiger partial charge in [0.05, 0.1) is 17.3 Å². The number of carbonyl (C=O) groups is 2. The summed E-state index contributed by atoms with van der Waals surface area (Å²) in [5, 5.41) is 2.54. The summed E-state index contributed by atoms with van der Waals surface area (Å²) in [4.78, 5) is 23.1. The van der Waals surface area contributed by atoms with Gasteiger partial charge in [-0.15, -0.1) is 11.8 Å². The number of sulfone groups is 1. The molecule has 0 saturated carbocycles. The number of rotatable bonds is 6. The summed E-state index contributed by atoms with van der Waals surface area (Å²) < 4.78 is 27.5. The number of hydrogen-bond donors (Lipinski definition) is 1. The van der Waals surface area contributed by atoms with E-state index in [9.17, 15) is 18.0 Å². The van der Waals surface area contributed by atoms with E-state index in [0.29, 0.717) is 12.1 Å². The highest BCUT2D eigenvalue weighted by Crippen LogP contribution is 2.24. The molecule has 1 heterocycles. The minimum absolute atomic E-state index is 0.0544. The minimum atomic E-state index is -2.94. The van der Waals surface area contributed by atoms with Crippen molar-refractivity contribution in [2.75, 3.05) is 29.2 Å². The molecule has 0 bridgehead atoms. The van der Waals surface area contributed by atoms with Gasteiger partial charge in [-0.2, -0.15) is 0 Å². The van der Waals surface area contributed by atoms with Crippen LogP contribution in [0.3, 0.4) is 0 Å². The molecule has 1 aliphatic heterocycles. The van der Waals surface area contributed by atoms with Crippen molar-refractivity contribution in [2.24, 2.45) is 0 Å². The molecule has 1 atom stereocenters. The monoisotopic (exact) mass is 343 g/mol. The van der Waals surface area contributed by atoms with Crippen LogP contribution in [0.2, 0.25) is 0 Å². The van der Waals surface area contributed by atoms with Crippen LogP contribution < -0.4 is 5.32 Å². The Kier molecular flexibility index (Phi) is 5.84. The molecule has 1 saturated heterocycles. The van der Waals surface area contributed by atoms with Gasteiger partial charge < -0.3 is 10.1 Å². The number of benzene rings is 1. The highest BCUT2D eigenvalue weighted by atomic mass is 32.2. The van der Waals surface area contributed by atoms with Crippen molar-refractivity contribution >= 4 is 39.2 Å². The van der Waals surface area contributed by atoms with Crippen LogP contribution in [-0.2, 0) is 24.2 Å². The number of esters is 1. The van der Waals surface area contributed by atoms with Gasteiger partial charge >= 0.3 is 5.97 Å². The zero-order valence-corrected chi connectivity index (χ0v) is 13.5. The molecule has 1 aromatic rings. The van der Waals surface area contributed by atoms with E-state index in [1.807, 2.05) is 6.07 Å². The molecule has 1 amide bonds. The maximum Gasteiger partial charge on any atom is 0.316 e. The quantitative estimate of drug-likeness (QED) is 0.778. The fraction of sp³-hybridized carbons (Fsp3) is 0.429. The van der Waals surface area contributed by atoms with E-state index < -0.39 is 21.7 Å². The van der Waals surface area contributed by atoms with Crippen LogP contribution >= 0.6 is 11.8 Å². The lowest BCUT2D eigenvalue weighted by molar-refractivity contribution is -0.144. The van der Waals surface area contributed by atoms with Gasteiger partial charge in [0.1, 0.15) is 0 Å². The van der Waals surface area contributed by atoms with Gasteiger partial charge in [0, 0.05) is 10.9 Å². The third kappa shape index (κ3) is 5.69. The first kappa shape index (κ1) is 16.8. The molecule has 0 radical (unpaired) electrons. The standard InChI is InChI=1S/C14H17NO5S2/c16-13(15-11-4-2-1-3-5-11)8-20-14(17)9-21-12-6-7-22(18,19)10-12/h1-5,12H,6-10H2,(H,15,16)/t12-/m1/s1. The third-order valence-corrected chi connectivity index (χ3v) is 6.30. The van der Waals surface area contributed by atoms with Gasteiger partial charge in [-0.1, -0.05) is 18.2 Å². The lowest BCUT2D eigenvalue weighted by Crippen LogP contribution is -2.22. The lowest BCUT2D eigenvalue weighted by atomic mass is 10.3. The molecule has 120 valence electrons. The molecule has 22 heavy (non-hydrogen) atoms. The summed E-state index contributed by atoms with van der Waals surface area (Å²) in [5.41, 5.74) is 0.633. The molecule has 1 aromatic carbocycles. The number of ether oxygens (including phenoxy) is 1. The number of amides is 1. The van der Waals surface area contributed by atoms with Gasteiger partial charge in [-0.25, -0.2) is 8.42 Å². The van der Waals surface area contributed by atoms with Crippen molar-refractivity contribution in [2.45, 2.75) is 11.7 Å². The molecule has 0 spiro atoms. The minimum Gasteiger partial charge on any atom is -0.455 e. The van der Waals surface area contributed by atoms with E-state index in [4.69, 9.17) is 4.74 Å². The van der Waals surface area contributed by atoms with Crippen LogP contribution in [0, 0.1) is 0 Å². The average Bonchev–Trinajstić information content (AvgIpc) is 2.83. The summed E-state index contributed by atoms with van der Waals surface area (Å²) in [6, 6.07) is 8.87. The summed E-state index contributed by atoms with van der Waals surface area (Å²) in [6.45, 7) is -0.350. The van der Waals surface area contributed by atoms with E-state index in [1.54, 1.807) is 24.3 Å². The van der Waals surface area contributed by atoms with E-state index in [-0.39, 0.29) is 29.1 Å². The topological polar surface area (TPSA) is 89.5 Å². The predicted molar refractivity (Wildman–Crippen MR) is 85.5 cm³/mol. The Morgan fingerprint density at radius 2 is 2.00 bits per heavy atom. The second-order valence-corrected chi connectivity index (χ2v) is 8.43. The molecular weight excluding hydrogens is 326 g/mol. The zero-order valence-electron chi connectivity index (χ0n) is 11.9. The number of carbonyl (C=O) groups excluding carboxylic acids is 2. The van der Waals surface area contributed by atoms with Crippen LogP contribution in [0.1, 0.15) is 6.42 Å². The summed E-state index contributed by atoms with van der Waals surface area (Å²) >= 11 is 1.26. The average molecular weight is 343 g/mol. The Bertz CT molecular complexity index is 630. The van der Waals surface area contributed by atoms with Gasteiger partial charge in [0.2, 0.25) is 0 Å². The summed E-state index contributed by atoms with van der Waals surface area (Å²) in [7, 11) is -2.94. The Morgan fingerprint density at radius 1 is 1.27 bits per heavy atom. The van der Waals surface area contributed by atoms with Crippen LogP contribution in [0.5, 0.6) is 0 Å². The van der Waals surface area contributed by atoms with Crippen molar-refractivity contribution in [1.82, 2.24) is 0 Å². The predicted octanol–water partition coefficient (Wildman–Crippen LogP) is 1.09. The molecule has 1 fully saturated rings. The van der Waals surface area contributed by atoms with Gasteiger partial charge in [0.15, 0.2) is 16.4 Å². The fourth-order valence-corrected chi connectivity index (χ4v) is 5.42. The molecule has 1 aliphatic rings. The molecule has 0 unspecified atom stereocenters. The lowest BCUT2D eigenvalue weighted by Gasteiger charge is -2.08. The van der Waals surface area contributed by atoms with Crippen LogP contribution in [0.4, 0.5) is 5.69 Å². The molecule has 2 rings (SSSR count). The Hall–Kier alpha value is -1.54. The van der Waals surface area contributed by atoms with E-state index in [2.05, 4.69) is 5.32 Å². The Balaban J connectivity index is 1.64. The number of thioether (sulfide) groups is 1. The Labute approximate surface area is 133 Å². The van der Waals surface area contributed by atoms with E-state index >= 15 is 0 Å². The third-order valence-electron chi connectivity index (χ3n) is 3.05. The second-order valence-electron chi connectivity index (χ2n) is 4.91. The summed E-state index contributed by atoms with van der Waals surface area (Å²) in [6.07, 6.45) is 0.564. The fourth-order valence-electron chi connectivity index (χ4n) is 1.98. The zero-order chi connectivity index (χ0) is 16.0. The molecule has 6 nitrogen and oxygen atoms in total. The normalized spacial score (nSPS) is 19.5. The molecule has 8 heteroatoms. The van der Waals surface area contributed by atoms with Crippen LogP contribution in [0.15, 0.2) is 30.3 Å². The maximum absolute atomic E-state index is 11.6. The molecule has 0 aliphatic carbocycles. The van der Waals surface area contributed by atoms with Crippen molar-refractivity contribution in [1.29, 1.82) is 0 Å². The highest BCUT2D eigenvalue weighted by molar-refractivity contribution is 8.02. The number of nitrogens with one attached hydrogen (secondary N) is 1. The highest BCUT2D eigenvalue weighted by Gasteiger charge is 2.28. The van der Waals surface area contributed by atoms with Crippen molar-refractivity contribution in [3.05, 3.63) is 30.3 Å². The molecule has 0 aromatic heterocycles. The number of para-hydroxylation sites is 1. The number of anilines is 1. The largest absolute Gasteiger partial charge is 0.455 e.